The van der Waals surface area contributed by atoms with Crippen LogP contribution in [-0.2, 0) is 13.1 Å². The van der Waals surface area contributed by atoms with Crippen LogP contribution in [0.2, 0.25) is 0 Å². The molecule has 2 aromatic carbocycles. The summed E-state index contributed by atoms with van der Waals surface area (Å²) in [6.45, 7) is 3.89. The predicted octanol–water partition coefficient (Wildman–Crippen LogP) is 3.83. The lowest BCUT2D eigenvalue weighted by Gasteiger charge is -2.07. The normalized spacial score (nSPS) is 10.8. The van der Waals surface area contributed by atoms with Gasteiger partial charge in [-0.1, -0.05) is 42.0 Å². The molecule has 0 spiro atoms. The van der Waals surface area contributed by atoms with Crippen molar-refractivity contribution in [3.63, 3.8) is 0 Å². The van der Waals surface area contributed by atoms with Crippen LogP contribution < -0.4 is 5.32 Å². The number of fused-ring (bicyclic) bond motifs is 1. The van der Waals surface area contributed by atoms with Crippen LogP contribution in [0.4, 0.5) is 0 Å². The second-order valence-electron chi connectivity index (χ2n) is 5.15. The maximum atomic E-state index is 4.14. The third-order valence-corrected chi connectivity index (χ3v) is 3.48. The number of aromatic nitrogens is 1. The van der Waals surface area contributed by atoms with Gasteiger partial charge < -0.3 is 5.32 Å². The largest absolute Gasteiger partial charge is 0.309 e. The third kappa shape index (κ3) is 3.03. The average molecular weight is 262 g/mol. The third-order valence-electron chi connectivity index (χ3n) is 3.48. The summed E-state index contributed by atoms with van der Waals surface area (Å²) in [7, 11) is 0. The van der Waals surface area contributed by atoms with Crippen LogP contribution in [0, 0.1) is 6.92 Å². The van der Waals surface area contributed by atoms with Crippen molar-refractivity contribution in [1.82, 2.24) is 10.3 Å². The molecule has 100 valence electrons. The molecule has 2 heteroatoms. The van der Waals surface area contributed by atoms with Gasteiger partial charge in [0.1, 0.15) is 0 Å². The molecule has 0 atom stereocenters. The fourth-order valence-corrected chi connectivity index (χ4v) is 2.30. The summed E-state index contributed by atoms with van der Waals surface area (Å²) in [5.41, 5.74) is 3.92. The molecule has 3 rings (SSSR count). The van der Waals surface area contributed by atoms with Crippen molar-refractivity contribution >= 4 is 10.8 Å². The summed E-state index contributed by atoms with van der Waals surface area (Å²) in [5, 5.41) is 5.92. The monoisotopic (exact) mass is 262 g/mol. The van der Waals surface area contributed by atoms with E-state index in [0.29, 0.717) is 0 Å². The van der Waals surface area contributed by atoms with Gasteiger partial charge in [-0.05, 0) is 35.6 Å². The molecule has 0 aliphatic rings. The van der Waals surface area contributed by atoms with Crippen LogP contribution in [0.3, 0.4) is 0 Å². The Balaban J connectivity index is 1.63. The molecule has 2 nitrogen and oxygen atoms in total. The summed E-state index contributed by atoms with van der Waals surface area (Å²) in [4.78, 5) is 4.14. The van der Waals surface area contributed by atoms with Gasteiger partial charge in [0.25, 0.3) is 0 Å². The fraction of sp³-hybridized carbons (Fsp3) is 0.167. The van der Waals surface area contributed by atoms with Crippen molar-refractivity contribution in [2.45, 2.75) is 20.0 Å². The van der Waals surface area contributed by atoms with Gasteiger partial charge in [-0.2, -0.15) is 0 Å². The zero-order chi connectivity index (χ0) is 13.8. The van der Waals surface area contributed by atoms with E-state index in [-0.39, 0.29) is 0 Å². The Morgan fingerprint density at radius 3 is 2.45 bits per heavy atom. The molecule has 0 saturated heterocycles. The van der Waals surface area contributed by atoms with E-state index in [9.17, 15) is 0 Å². The smallest absolute Gasteiger partial charge is 0.0346 e. The van der Waals surface area contributed by atoms with Gasteiger partial charge in [-0.15, -0.1) is 0 Å². The van der Waals surface area contributed by atoms with Crippen molar-refractivity contribution in [3.05, 3.63) is 77.6 Å². The van der Waals surface area contributed by atoms with Gasteiger partial charge in [0, 0.05) is 30.9 Å². The maximum Gasteiger partial charge on any atom is 0.0346 e. The highest BCUT2D eigenvalue weighted by atomic mass is 14.8. The van der Waals surface area contributed by atoms with E-state index < -0.39 is 0 Å². The number of rotatable bonds is 4. The number of hydrogen-bond acceptors (Lipinski definition) is 2. The minimum atomic E-state index is 0.881. The minimum Gasteiger partial charge on any atom is -0.309 e. The molecule has 0 amide bonds. The van der Waals surface area contributed by atoms with E-state index in [1.165, 1.54) is 27.5 Å². The van der Waals surface area contributed by atoms with Gasteiger partial charge in [0.2, 0.25) is 0 Å². The van der Waals surface area contributed by atoms with Crippen molar-refractivity contribution in [3.8, 4) is 0 Å². The first kappa shape index (κ1) is 12.8. The summed E-state index contributed by atoms with van der Waals surface area (Å²) in [6, 6.07) is 17.2. The van der Waals surface area contributed by atoms with E-state index in [1.54, 1.807) is 0 Å². The first-order valence-corrected chi connectivity index (χ1v) is 6.90. The lowest BCUT2D eigenvalue weighted by atomic mass is 10.1. The fourth-order valence-electron chi connectivity index (χ4n) is 2.30. The summed E-state index contributed by atoms with van der Waals surface area (Å²) in [5.74, 6) is 0. The van der Waals surface area contributed by atoms with Crippen LogP contribution >= 0.6 is 0 Å². The summed E-state index contributed by atoms with van der Waals surface area (Å²) in [6.07, 6.45) is 3.74. The van der Waals surface area contributed by atoms with Crippen LogP contribution in [0.1, 0.15) is 16.7 Å². The standard InChI is InChI=1S/C18H18N2/c1-14-2-4-15(5-3-14)11-20-12-16-6-7-18-13-19-9-8-17(18)10-16/h2-10,13,20H,11-12H2,1H3. The highest BCUT2D eigenvalue weighted by Crippen LogP contribution is 2.14. The van der Waals surface area contributed by atoms with E-state index in [2.05, 4.69) is 65.8 Å². The topological polar surface area (TPSA) is 24.9 Å². The van der Waals surface area contributed by atoms with E-state index >= 15 is 0 Å². The number of aryl methyl sites for hydroxylation is 1. The molecule has 0 fully saturated rings. The Morgan fingerprint density at radius 1 is 0.850 bits per heavy atom. The van der Waals surface area contributed by atoms with Gasteiger partial charge in [0.05, 0.1) is 0 Å². The lowest BCUT2D eigenvalue weighted by molar-refractivity contribution is 0.694. The predicted molar refractivity (Wildman–Crippen MR) is 83.5 cm³/mol. The molecule has 3 aromatic rings. The molecule has 0 bridgehead atoms. The van der Waals surface area contributed by atoms with Crippen molar-refractivity contribution in [2.24, 2.45) is 0 Å². The number of pyridine rings is 1. The van der Waals surface area contributed by atoms with Crippen molar-refractivity contribution in [2.75, 3.05) is 0 Å². The first-order chi connectivity index (χ1) is 9.81. The Morgan fingerprint density at radius 2 is 1.60 bits per heavy atom. The van der Waals surface area contributed by atoms with Crippen LogP contribution in [0.25, 0.3) is 10.8 Å². The molecule has 0 aliphatic heterocycles. The molecule has 0 radical (unpaired) electrons. The Bertz CT molecular complexity index is 702. The van der Waals surface area contributed by atoms with Crippen molar-refractivity contribution in [1.29, 1.82) is 0 Å². The van der Waals surface area contributed by atoms with Crippen LogP contribution in [0.5, 0.6) is 0 Å². The van der Waals surface area contributed by atoms with Crippen LogP contribution in [-0.4, -0.2) is 4.98 Å². The Labute approximate surface area is 119 Å². The molecule has 1 heterocycles. The minimum absolute atomic E-state index is 0.881. The Hall–Kier alpha value is -2.19. The average Bonchev–Trinajstić information content (AvgIpc) is 2.49. The second-order valence-corrected chi connectivity index (χ2v) is 5.15. The van der Waals surface area contributed by atoms with E-state index in [1.807, 2.05) is 12.4 Å². The van der Waals surface area contributed by atoms with E-state index in [0.717, 1.165) is 13.1 Å². The molecular formula is C18H18N2. The molecule has 0 aliphatic carbocycles. The van der Waals surface area contributed by atoms with Crippen LogP contribution in [0.15, 0.2) is 60.9 Å². The Kier molecular flexibility index (Phi) is 3.75. The molecular weight excluding hydrogens is 244 g/mol. The molecule has 20 heavy (non-hydrogen) atoms. The number of benzene rings is 2. The van der Waals surface area contributed by atoms with Gasteiger partial charge >= 0.3 is 0 Å². The molecule has 0 unspecified atom stereocenters. The summed E-state index contributed by atoms with van der Waals surface area (Å²) >= 11 is 0. The SMILES string of the molecule is Cc1ccc(CNCc2ccc3cnccc3c2)cc1. The molecule has 0 saturated carbocycles. The maximum absolute atomic E-state index is 4.14. The zero-order valence-electron chi connectivity index (χ0n) is 11.6. The van der Waals surface area contributed by atoms with Gasteiger partial charge in [0.15, 0.2) is 0 Å². The van der Waals surface area contributed by atoms with Gasteiger partial charge in [-0.3, -0.25) is 4.98 Å². The number of hydrogen-bond donors (Lipinski definition) is 1. The highest BCUT2D eigenvalue weighted by molar-refractivity contribution is 5.81. The molecule has 1 N–H and O–H groups in total. The zero-order valence-corrected chi connectivity index (χ0v) is 11.6. The number of nitrogens with one attached hydrogen (secondary N) is 1. The van der Waals surface area contributed by atoms with E-state index in [4.69, 9.17) is 0 Å². The highest BCUT2D eigenvalue weighted by Gasteiger charge is 1.97. The lowest BCUT2D eigenvalue weighted by Crippen LogP contribution is -2.12. The number of nitrogens with zero attached hydrogens (tertiary/aromatic N) is 1. The quantitative estimate of drug-likeness (QED) is 0.773. The second kappa shape index (κ2) is 5.85. The molecule has 1 aromatic heterocycles. The van der Waals surface area contributed by atoms with Gasteiger partial charge in [-0.25, -0.2) is 0 Å². The first-order valence-electron chi connectivity index (χ1n) is 6.90. The summed E-state index contributed by atoms with van der Waals surface area (Å²) < 4.78 is 0. The van der Waals surface area contributed by atoms with Crippen molar-refractivity contribution < 1.29 is 0 Å².